The Hall–Kier alpha value is -6.80. The predicted octanol–water partition coefficient (Wildman–Crippen LogP) is 6.93. The number of hydrogen-bond acceptors (Lipinski definition) is 13. The molecule has 3 N–H and O–H groups in total. The molecule has 6 saturated carbocycles. The first-order valence-electron chi connectivity index (χ1n) is 40.5. The molecule has 0 aromatic carbocycles. The number of carbonyl (C=O) groups excluding carboxylic acids is 12. The van der Waals surface area contributed by atoms with Gasteiger partial charge in [-0.1, -0.05) is 105 Å². The van der Waals surface area contributed by atoms with E-state index in [4.69, 9.17) is 4.74 Å². The molecule has 3 aliphatic heterocycles. The van der Waals surface area contributed by atoms with Crippen molar-refractivity contribution in [1.82, 2.24) is 60.0 Å². The van der Waals surface area contributed by atoms with Gasteiger partial charge in [0.05, 0.1) is 19.1 Å². The summed E-state index contributed by atoms with van der Waals surface area (Å²) in [6.07, 6.45) is 13.8. The van der Waals surface area contributed by atoms with Gasteiger partial charge in [-0.15, -0.1) is 0 Å². The summed E-state index contributed by atoms with van der Waals surface area (Å²) in [6, 6.07) is -10.0. The molecule has 6 aliphatic carbocycles. The summed E-state index contributed by atoms with van der Waals surface area (Å²) in [7, 11) is 10.4. The Morgan fingerprint density at radius 1 is 0.654 bits per heavy atom. The third-order valence-electron chi connectivity index (χ3n) is 26.0. The van der Waals surface area contributed by atoms with Crippen molar-refractivity contribution >= 4 is 70.9 Å². The fourth-order valence-electron chi connectivity index (χ4n) is 19.4. The maximum absolute atomic E-state index is 15.9. The molecule has 2 bridgehead atoms. The largest absolute Gasteiger partial charge is 0.377 e. The van der Waals surface area contributed by atoms with E-state index in [-0.39, 0.29) is 94.9 Å². The minimum absolute atomic E-state index is 0.0219. The normalized spacial score (nSPS) is 33.3. The lowest BCUT2D eigenvalue weighted by atomic mass is 9.58. The SMILES string of the molecule is CCC[C@H]1C(=O)N[C@@H]([C@@H](C)CC)C(=O)N(C2CC2)CC(=O)N(C)[C@H]2C/C=C\CCN(C2=O)[C@@H](CC2CCC(C)CC2)C(=O)N(C)CC(=O)N[C@@H](CCC2CCC3C(CCC3(F)F)C2)C(=O)N2C[C@H](OCC)C[C@H]2C(=O)NC2(CC(C)(C)C2)C(=O)N(C)[C@@H](C2CCCC2)C(=O)N(C)[C@H](C(=O)N(C)C)CC(=O)N1C. The van der Waals surface area contributed by atoms with E-state index in [9.17, 15) is 14.4 Å². The number of fused-ring (bicyclic) bond motifs is 4. The monoisotopic (exact) mass is 1500 g/mol. The first-order chi connectivity index (χ1) is 50.5. The van der Waals surface area contributed by atoms with Crippen LogP contribution in [0, 0.1) is 46.8 Å². The average Bonchev–Trinajstić information content (AvgIpc) is 1.12. The summed E-state index contributed by atoms with van der Waals surface area (Å²) in [5, 5.41) is 9.14. The Morgan fingerprint density at radius 2 is 1.33 bits per heavy atom. The first kappa shape index (κ1) is 84.2. The number of amides is 12. The van der Waals surface area contributed by atoms with Crippen LogP contribution in [0.25, 0.3) is 0 Å². The van der Waals surface area contributed by atoms with Crippen molar-refractivity contribution in [2.24, 2.45) is 46.8 Å². The smallest absolute Gasteiger partial charge is 0.251 e. The molecule has 600 valence electrons. The van der Waals surface area contributed by atoms with Crippen molar-refractivity contribution in [3.8, 4) is 0 Å². The topological polar surface area (TPSA) is 279 Å². The lowest BCUT2D eigenvalue weighted by molar-refractivity contribution is -0.161. The van der Waals surface area contributed by atoms with E-state index in [2.05, 4.69) is 22.9 Å². The molecule has 0 aromatic heterocycles. The molecule has 12 amide bonds. The van der Waals surface area contributed by atoms with Crippen molar-refractivity contribution in [2.45, 2.75) is 294 Å². The zero-order chi connectivity index (χ0) is 78.3. The number of likely N-dealkylation sites (N-methyl/N-ethyl adjacent to an activating group) is 6. The zero-order valence-corrected chi connectivity index (χ0v) is 66.7. The summed E-state index contributed by atoms with van der Waals surface area (Å²) >= 11 is 0. The highest BCUT2D eigenvalue weighted by molar-refractivity contribution is 6.01. The second kappa shape index (κ2) is 35.9. The Balaban J connectivity index is 1.11. The fourth-order valence-corrected chi connectivity index (χ4v) is 19.4. The molecule has 27 heteroatoms. The number of halogens is 2. The zero-order valence-electron chi connectivity index (χ0n) is 66.7. The lowest BCUT2D eigenvalue weighted by Gasteiger charge is -2.54. The van der Waals surface area contributed by atoms with Crippen molar-refractivity contribution in [3.63, 3.8) is 0 Å². The van der Waals surface area contributed by atoms with E-state index in [0.717, 1.165) is 38.5 Å². The van der Waals surface area contributed by atoms with E-state index in [1.165, 1.54) is 88.5 Å². The highest BCUT2D eigenvalue weighted by Gasteiger charge is 2.60. The second-order valence-corrected chi connectivity index (χ2v) is 34.8. The maximum Gasteiger partial charge on any atom is 0.251 e. The van der Waals surface area contributed by atoms with Crippen LogP contribution in [0.5, 0.6) is 0 Å². The van der Waals surface area contributed by atoms with Gasteiger partial charge in [-0.3, -0.25) is 57.5 Å². The molecule has 3 heterocycles. The third-order valence-corrected chi connectivity index (χ3v) is 26.0. The number of alkyl halides is 2. The van der Waals surface area contributed by atoms with Gasteiger partial charge in [0.2, 0.25) is 70.9 Å². The molecular weight excluding hydrogens is 1370 g/mol. The molecule has 0 aromatic rings. The van der Waals surface area contributed by atoms with Crippen LogP contribution < -0.4 is 16.0 Å². The van der Waals surface area contributed by atoms with Crippen LogP contribution in [0.15, 0.2) is 12.2 Å². The second-order valence-electron chi connectivity index (χ2n) is 34.8. The van der Waals surface area contributed by atoms with Gasteiger partial charge in [0.1, 0.15) is 60.4 Å². The first-order valence-corrected chi connectivity index (χ1v) is 40.5. The Labute approximate surface area is 634 Å². The van der Waals surface area contributed by atoms with E-state index < -0.39 is 179 Å². The van der Waals surface area contributed by atoms with E-state index in [1.807, 2.05) is 46.8 Å². The minimum atomic E-state index is -2.75. The van der Waals surface area contributed by atoms with Gasteiger partial charge in [0.15, 0.2) is 0 Å². The number of hydrogen-bond donors (Lipinski definition) is 3. The Morgan fingerprint density at radius 3 is 1.95 bits per heavy atom. The summed E-state index contributed by atoms with van der Waals surface area (Å²) in [5.74, 6) is -11.2. The molecule has 9 rings (SSSR count). The molecule has 9 aliphatic rings. The summed E-state index contributed by atoms with van der Waals surface area (Å²) in [5.41, 5.74) is -2.09. The highest BCUT2D eigenvalue weighted by atomic mass is 19.3. The molecule has 13 atom stereocenters. The van der Waals surface area contributed by atoms with Crippen LogP contribution in [0.3, 0.4) is 0 Å². The van der Waals surface area contributed by atoms with Gasteiger partial charge < -0.3 is 64.8 Å². The summed E-state index contributed by atoms with van der Waals surface area (Å²) in [4.78, 5) is 196. The summed E-state index contributed by atoms with van der Waals surface area (Å²) < 4.78 is 36.5. The molecule has 0 radical (unpaired) electrons. The van der Waals surface area contributed by atoms with Crippen LogP contribution in [-0.2, 0) is 62.3 Å². The molecule has 3 unspecified atom stereocenters. The van der Waals surface area contributed by atoms with Crippen molar-refractivity contribution in [1.29, 1.82) is 0 Å². The molecule has 25 nitrogen and oxygen atoms in total. The predicted molar refractivity (Wildman–Crippen MR) is 399 cm³/mol. The molecule has 1 spiro atoms. The lowest BCUT2D eigenvalue weighted by Crippen LogP contribution is -2.71. The fraction of sp³-hybridized carbons (Fsp3) is 0.825. The van der Waals surface area contributed by atoms with E-state index in [1.54, 1.807) is 11.8 Å². The van der Waals surface area contributed by atoms with Gasteiger partial charge in [-0.05, 0) is 151 Å². The molecule has 8 fully saturated rings. The van der Waals surface area contributed by atoms with Gasteiger partial charge >= 0.3 is 0 Å². The number of nitrogens with one attached hydrogen (secondary N) is 3. The van der Waals surface area contributed by atoms with Gasteiger partial charge in [0.25, 0.3) is 5.92 Å². The van der Waals surface area contributed by atoms with Crippen molar-refractivity contribution in [2.75, 3.05) is 82.1 Å². The summed E-state index contributed by atoms with van der Waals surface area (Å²) in [6.45, 7) is 12.8. The Kier molecular flexibility index (Phi) is 28.3. The van der Waals surface area contributed by atoms with Crippen molar-refractivity contribution in [3.05, 3.63) is 12.2 Å². The standard InChI is InChI=1S/C80H128F2N12O13/c1-15-23-59-69(98)84-67(50(5)16-2)75(104)93(55-33-34-55)46-66(97)89(12)60-26-19-18-22-39-92(74(60)103)63(41-52-29-27-49(4)28-30-52)73(102)87(10)45-64(95)83-58(36-32-51-31-35-57-54(40-51)37-38-80(57,81)82)71(100)94-44-56(107-17-3)42-61(94)70(99)85-79(47-78(6,7)48-79)77(106)91(14)68(53-24-20-21-25-53)76(105)90(13)62(72(101)86(8)9)43-65(96)88(59)11/h18-19,49-63,67-68H,15-17,20-48H2,1-14H3,(H,83,95)(H,84,98)(H,85,99)/b19-18-/t49?,50-,51?,52?,54?,56+,57?,58-,59-,60-,61-,62-,63-,67-,68-/m0/s1. The third kappa shape index (κ3) is 19.7. The Bertz CT molecular complexity index is 3250. The van der Waals surface area contributed by atoms with E-state index in [0.29, 0.717) is 83.0 Å². The van der Waals surface area contributed by atoms with Crippen LogP contribution >= 0.6 is 0 Å². The van der Waals surface area contributed by atoms with Crippen LogP contribution in [-0.4, -0.2) is 269 Å². The molecule has 2 saturated heterocycles. The average molecular weight is 1500 g/mol. The number of nitrogens with zero attached hydrogens (tertiary/aromatic N) is 9. The maximum atomic E-state index is 15.9. The highest BCUT2D eigenvalue weighted by Crippen LogP contribution is 2.54. The molecular formula is C80H128F2N12O13. The van der Waals surface area contributed by atoms with Crippen molar-refractivity contribution < 1.29 is 71.1 Å². The molecule has 107 heavy (non-hydrogen) atoms. The van der Waals surface area contributed by atoms with Crippen LogP contribution in [0.2, 0.25) is 0 Å². The van der Waals surface area contributed by atoms with Gasteiger partial charge in [0, 0.05) is 93.8 Å². The quantitative estimate of drug-likeness (QED) is 0.149. The number of rotatable bonds is 14. The van der Waals surface area contributed by atoms with Gasteiger partial charge in [-0.2, -0.15) is 0 Å². The van der Waals surface area contributed by atoms with Crippen LogP contribution in [0.4, 0.5) is 8.78 Å². The minimum Gasteiger partial charge on any atom is -0.377 e. The van der Waals surface area contributed by atoms with E-state index >= 15 is 51.9 Å². The van der Waals surface area contributed by atoms with Gasteiger partial charge in [-0.25, -0.2) is 8.78 Å². The number of carbonyl (C=O) groups is 12. The number of ether oxygens (including phenoxy) is 1. The van der Waals surface area contributed by atoms with Crippen LogP contribution in [0.1, 0.15) is 222 Å².